The quantitative estimate of drug-likeness (QED) is 0.433. The van der Waals surface area contributed by atoms with Crippen LogP contribution in [0.4, 0.5) is 16.2 Å². The first-order chi connectivity index (χ1) is 16.2. The molecule has 0 bridgehead atoms. The average Bonchev–Trinajstić information content (AvgIpc) is 3.15. The lowest BCUT2D eigenvalue weighted by Crippen LogP contribution is -2.49. The summed E-state index contributed by atoms with van der Waals surface area (Å²) in [6.45, 7) is 7.00. The maximum Gasteiger partial charge on any atom is 0.407 e. The molecule has 3 N–H and O–H groups in total. The van der Waals surface area contributed by atoms with Crippen LogP contribution in [0.1, 0.15) is 39.2 Å². The monoisotopic (exact) mass is 527 g/mol. The SMILES string of the molecule is CC(C)(C)OC(=O)N[C@@H]1CCCN(c2c(Br)cnc3[nH]cc(NC(=O)Cc4ccccc4)c23)C1. The molecule has 1 aliphatic heterocycles. The Balaban J connectivity index is 1.55. The number of amides is 2. The summed E-state index contributed by atoms with van der Waals surface area (Å²) >= 11 is 3.66. The van der Waals surface area contributed by atoms with Crippen molar-refractivity contribution in [3.05, 3.63) is 52.8 Å². The number of piperidine rings is 1. The molecule has 2 amide bonds. The molecule has 2 aromatic heterocycles. The molecule has 1 aromatic carbocycles. The number of carbonyl (C=O) groups excluding carboxylic acids is 2. The van der Waals surface area contributed by atoms with E-state index in [4.69, 9.17) is 4.74 Å². The van der Waals surface area contributed by atoms with Gasteiger partial charge < -0.3 is 25.3 Å². The number of alkyl carbamates (subject to hydrolysis) is 1. The largest absolute Gasteiger partial charge is 0.444 e. The third kappa shape index (κ3) is 5.88. The van der Waals surface area contributed by atoms with Crippen LogP contribution in [-0.4, -0.2) is 46.7 Å². The van der Waals surface area contributed by atoms with Gasteiger partial charge in [-0.15, -0.1) is 0 Å². The standard InChI is InChI=1S/C25H30BrN5O3/c1-25(2,3)34-24(33)29-17-10-7-11-31(15-17)22-18(26)13-27-23-21(22)19(14-28-23)30-20(32)12-16-8-5-4-6-9-16/h4-6,8-9,13-14,17H,7,10-12,15H2,1-3H3,(H,27,28)(H,29,33)(H,30,32)/t17-/m1/s1. The lowest BCUT2D eigenvalue weighted by Gasteiger charge is -2.36. The number of anilines is 2. The first-order valence-corrected chi connectivity index (χ1v) is 12.2. The number of fused-ring (bicyclic) bond motifs is 1. The van der Waals surface area contributed by atoms with Gasteiger partial charge in [0, 0.05) is 31.5 Å². The number of pyridine rings is 1. The number of hydrogen-bond donors (Lipinski definition) is 3. The van der Waals surface area contributed by atoms with E-state index in [1.165, 1.54) is 0 Å². The molecule has 1 aliphatic rings. The van der Waals surface area contributed by atoms with Crippen LogP contribution in [-0.2, 0) is 16.0 Å². The molecular weight excluding hydrogens is 498 g/mol. The zero-order valence-corrected chi connectivity index (χ0v) is 21.2. The van der Waals surface area contributed by atoms with Gasteiger partial charge in [0.2, 0.25) is 5.91 Å². The van der Waals surface area contributed by atoms with Crippen molar-refractivity contribution < 1.29 is 14.3 Å². The molecule has 8 nitrogen and oxygen atoms in total. The first-order valence-electron chi connectivity index (χ1n) is 11.4. The maximum atomic E-state index is 12.8. The predicted octanol–water partition coefficient (Wildman–Crippen LogP) is 5.00. The first kappa shape index (κ1) is 24.1. The van der Waals surface area contributed by atoms with Crippen molar-refractivity contribution in [2.75, 3.05) is 23.3 Å². The highest BCUT2D eigenvalue weighted by Gasteiger charge is 2.27. The number of nitrogens with zero attached hydrogens (tertiary/aromatic N) is 2. The average molecular weight is 528 g/mol. The molecule has 34 heavy (non-hydrogen) atoms. The lowest BCUT2D eigenvalue weighted by molar-refractivity contribution is -0.115. The fraction of sp³-hybridized carbons (Fsp3) is 0.400. The third-order valence-corrected chi connectivity index (χ3v) is 6.15. The second-order valence-electron chi connectivity index (χ2n) is 9.52. The molecule has 180 valence electrons. The van der Waals surface area contributed by atoms with Gasteiger partial charge >= 0.3 is 6.09 Å². The topological polar surface area (TPSA) is 99.3 Å². The van der Waals surface area contributed by atoms with Crippen LogP contribution in [0.3, 0.4) is 0 Å². The summed E-state index contributed by atoms with van der Waals surface area (Å²) in [5, 5.41) is 6.88. The Morgan fingerprint density at radius 2 is 2.03 bits per heavy atom. The highest BCUT2D eigenvalue weighted by Crippen LogP contribution is 2.39. The van der Waals surface area contributed by atoms with Crippen LogP contribution in [0.2, 0.25) is 0 Å². The summed E-state index contributed by atoms with van der Waals surface area (Å²) in [7, 11) is 0. The summed E-state index contributed by atoms with van der Waals surface area (Å²) in [6, 6.07) is 9.60. The second-order valence-corrected chi connectivity index (χ2v) is 10.4. The van der Waals surface area contributed by atoms with Crippen molar-refractivity contribution in [3.63, 3.8) is 0 Å². The number of H-pyrrole nitrogens is 1. The Morgan fingerprint density at radius 3 is 2.76 bits per heavy atom. The molecule has 3 aromatic rings. The number of rotatable bonds is 5. The third-order valence-electron chi connectivity index (χ3n) is 5.57. The molecule has 0 spiro atoms. The van der Waals surface area contributed by atoms with Crippen LogP contribution in [0.15, 0.2) is 47.2 Å². The summed E-state index contributed by atoms with van der Waals surface area (Å²) in [5.41, 5.74) is 2.72. The minimum atomic E-state index is -0.545. The van der Waals surface area contributed by atoms with E-state index >= 15 is 0 Å². The second kappa shape index (κ2) is 10.0. The molecular formula is C25H30BrN5O3. The van der Waals surface area contributed by atoms with Crippen LogP contribution in [0.5, 0.6) is 0 Å². The van der Waals surface area contributed by atoms with Gasteiger partial charge in [0.05, 0.1) is 27.7 Å². The van der Waals surface area contributed by atoms with Gasteiger partial charge in [-0.2, -0.15) is 0 Å². The van der Waals surface area contributed by atoms with E-state index in [2.05, 4.69) is 41.4 Å². The van der Waals surface area contributed by atoms with Crippen LogP contribution in [0, 0.1) is 0 Å². The Labute approximate surface area is 207 Å². The maximum absolute atomic E-state index is 12.8. The van der Waals surface area contributed by atoms with Gasteiger partial charge in [0.25, 0.3) is 0 Å². The van der Waals surface area contributed by atoms with Crippen LogP contribution >= 0.6 is 15.9 Å². The number of nitrogens with one attached hydrogen (secondary N) is 3. The summed E-state index contributed by atoms with van der Waals surface area (Å²) in [4.78, 5) is 34.9. The molecule has 9 heteroatoms. The molecule has 0 radical (unpaired) electrons. The van der Waals surface area contributed by atoms with Gasteiger partial charge in [0.15, 0.2) is 0 Å². The van der Waals surface area contributed by atoms with Crippen molar-refractivity contribution in [2.45, 2.75) is 51.7 Å². The fourth-order valence-electron chi connectivity index (χ4n) is 4.21. The highest BCUT2D eigenvalue weighted by atomic mass is 79.9. The van der Waals surface area contributed by atoms with E-state index in [9.17, 15) is 9.59 Å². The number of hydrogen-bond acceptors (Lipinski definition) is 5. The number of benzene rings is 1. The molecule has 1 atom stereocenters. The van der Waals surface area contributed by atoms with Gasteiger partial charge in [-0.25, -0.2) is 9.78 Å². The number of halogens is 1. The van der Waals surface area contributed by atoms with E-state index in [0.29, 0.717) is 17.9 Å². The Hall–Kier alpha value is -3.07. The zero-order chi connectivity index (χ0) is 24.3. The molecule has 0 unspecified atom stereocenters. The molecule has 0 aliphatic carbocycles. The van der Waals surface area contributed by atoms with Gasteiger partial charge in [-0.3, -0.25) is 4.79 Å². The van der Waals surface area contributed by atoms with Gasteiger partial charge in [0.1, 0.15) is 11.2 Å². The van der Waals surface area contributed by atoms with E-state index in [-0.39, 0.29) is 18.4 Å². The fourth-order valence-corrected chi connectivity index (χ4v) is 4.76. The van der Waals surface area contributed by atoms with E-state index in [1.54, 1.807) is 12.4 Å². The number of ether oxygens (including phenoxy) is 1. The number of carbonyl (C=O) groups is 2. The van der Waals surface area contributed by atoms with Crippen LogP contribution < -0.4 is 15.5 Å². The normalized spacial score (nSPS) is 16.4. The number of aromatic amines is 1. The Morgan fingerprint density at radius 1 is 1.26 bits per heavy atom. The van der Waals surface area contributed by atoms with Gasteiger partial charge in [-0.1, -0.05) is 30.3 Å². The van der Waals surface area contributed by atoms with Crippen molar-refractivity contribution in [3.8, 4) is 0 Å². The zero-order valence-electron chi connectivity index (χ0n) is 19.7. The summed E-state index contributed by atoms with van der Waals surface area (Å²) < 4.78 is 6.26. The molecule has 1 fully saturated rings. The highest BCUT2D eigenvalue weighted by molar-refractivity contribution is 9.10. The lowest BCUT2D eigenvalue weighted by atomic mass is 10.0. The summed E-state index contributed by atoms with van der Waals surface area (Å²) in [6.07, 6.45) is 5.20. The Bertz CT molecular complexity index is 1170. The van der Waals surface area contributed by atoms with E-state index < -0.39 is 11.7 Å². The predicted molar refractivity (Wildman–Crippen MR) is 137 cm³/mol. The van der Waals surface area contributed by atoms with Crippen molar-refractivity contribution in [1.29, 1.82) is 0 Å². The minimum Gasteiger partial charge on any atom is -0.444 e. The molecule has 0 saturated carbocycles. The molecule has 3 heterocycles. The van der Waals surface area contributed by atoms with Crippen molar-refractivity contribution >= 4 is 50.3 Å². The smallest absolute Gasteiger partial charge is 0.407 e. The summed E-state index contributed by atoms with van der Waals surface area (Å²) in [5.74, 6) is -0.0962. The van der Waals surface area contributed by atoms with E-state index in [1.807, 2.05) is 51.1 Å². The van der Waals surface area contributed by atoms with Gasteiger partial charge in [-0.05, 0) is 55.1 Å². The molecule has 1 saturated heterocycles. The number of aromatic nitrogens is 2. The Kier molecular flexibility index (Phi) is 7.11. The van der Waals surface area contributed by atoms with E-state index in [0.717, 1.165) is 40.5 Å². The van der Waals surface area contributed by atoms with Crippen molar-refractivity contribution in [1.82, 2.24) is 15.3 Å². The minimum absolute atomic E-state index is 0.0474. The van der Waals surface area contributed by atoms with Crippen LogP contribution in [0.25, 0.3) is 11.0 Å². The van der Waals surface area contributed by atoms with Crippen molar-refractivity contribution in [2.24, 2.45) is 0 Å². The molecule has 4 rings (SSSR count).